The minimum Gasteiger partial charge on any atom is -0.496 e. The van der Waals surface area contributed by atoms with Crippen LogP contribution < -0.4 is 4.74 Å². The number of hydrogen-bond donors (Lipinski definition) is 0. The molecule has 3 nitrogen and oxygen atoms in total. The molecule has 0 radical (unpaired) electrons. The van der Waals surface area contributed by atoms with E-state index in [0.717, 1.165) is 38.5 Å². The second kappa shape index (κ2) is 5.29. The molecule has 1 aromatic rings. The highest BCUT2D eigenvalue weighted by atomic mass is 16.5. The normalized spacial score (nSPS) is 24.6. The molecule has 1 unspecified atom stereocenters. The summed E-state index contributed by atoms with van der Waals surface area (Å²) in [7, 11) is 1.77. The van der Waals surface area contributed by atoms with Crippen molar-refractivity contribution in [2.24, 2.45) is 0 Å². The zero-order chi connectivity index (χ0) is 12.4. The SMILES string of the molecule is COc1cccc2c1CCCC2N1CCOCC1. The van der Waals surface area contributed by atoms with Crippen molar-refractivity contribution in [3.8, 4) is 5.75 Å². The van der Waals surface area contributed by atoms with Crippen LogP contribution in [-0.2, 0) is 11.2 Å². The third kappa shape index (κ3) is 2.13. The minimum absolute atomic E-state index is 0.563. The van der Waals surface area contributed by atoms with Gasteiger partial charge in [-0.3, -0.25) is 4.90 Å². The molecule has 1 fully saturated rings. The Labute approximate surface area is 109 Å². The van der Waals surface area contributed by atoms with E-state index in [1.807, 2.05) is 0 Å². The molecule has 1 aliphatic heterocycles. The fourth-order valence-corrected chi connectivity index (χ4v) is 3.25. The number of ether oxygens (including phenoxy) is 2. The van der Waals surface area contributed by atoms with Gasteiger partial charge in [0.15, 0.2) is 0 Å². The molecule has 3 heteroatoms. The van der Waals surface area contributed by atoms with Gasteiger partial charge in [0.05, 0.1) is 20.3 Å². The zero-order valence-corrected chi connectivity index (χ0v) is 11.0. The van der Waals surface area contributed by atoms with Gasteiger partial charge in [-0.1, -0.05) is 12.1 Å². The van der Waals surface area contributed by atoms with Crippen molar-refractivity contribution in [1.29, 1.82) is 0 Å². The summed E-state index contributed by atoms with van der Waals surface area (Å²) >= 11 is 0. The van der Waals surface area contributed by atoms with Gasteiger partial charge in [-0.25, -0.2) is 0 Å². The van der Waals surface area contributed by atoms with E-state index < -0.39 is 0 Å². The van der Waals surface area contributed by atoms with Gasteiger partial charge in [0.2, 0.25) is 0 Å². The highest BCUT2D eigenvalue weighted by molar-refractivity contribution is 5.43. The van der Waals surface area contributed by atoms with E-state index in [9.17, 15) is 0 Å². The Morgan fingerprint density at radius 3 is 2.89 bits per heavy atom. The molecule has 3 rings (SSSR count). The summed E-state index contributed by atoms with van der Waals surface area (Å²) in [5.74, 6) is 1.06. The number of morpholine rings is 1. The Bertz CT molecular complexity index is 413. The standard InChI is InChI=1S/C15H21NO2/c1-17-15-7-3-4-12-13(15)5-2-6-14(12)16-8-10-18-11-9-16/h3-4,7,14H,2,5-6,8-11H2,1H3. The van der Waals surface area contributed by atoms with Crippen LogP contribution >= 0.6 is 0 Å². The maximum Gasteiger partial charge on any atom is 0.122 e. The molecule has 1 saturated heterocycles. The molecule has 2 aliphatic rings. The third-order valence-corrected chi connectivity index (χ3v) is 4.14. The second-order valence-corrected chi connectivity index (χ2v) is 5.08. The summed E-state index contributed by atoms with van der Waals surface area (Å²) in [6.45, 7) is 3.86. The summed E-state index contributed by atoms with van der Waals surface area (Å²) in [6, 6.07) is 7.04. The lowest BCUT2D eigenvalue weighted by Gasteiger charge is -2.38. The van der Waals surface area contributed by atoms with Gasteiger partial charge >= 0.3 is 0 Å². The Hall–Kier alpha value is -1.06. The molecular weight excluding hydrogens is 226 g/mol. The first-order valence-electron chi connectivity index (χ1n) is 6.87. The summed E-state index contributed by atoms with van der Waals surface area (Å²) in [4.78, 5) is 2.57. The monoisotopic (exact) mass is 247 g/mol. The van der Waals surface area contributed by atoms with Crippen LogP contribution in [0.4, 0.5) is 0 Å². The number of fused-ring (bicyclic) bond motifs is 1. The molecule has 1 aromatic carbocycles. The highest BCUT2D eigenvalue weighted by Gasteiger charge is 2.28. The summed E-state index contributed by atoms with van der Waals surface area (Å²) in [5, 5.41) is 0. The lowest BCUT2D eigenvalue weighted by atomic mass is 9.86. The molecule has 0 aromatic heterocycles. The molecular formula is C15H21NO2. The molecule has 1 atom stereocenters. The highest BCUT2D eigenvalue weighted by Crippen LogP contribution is 2.38. The lowest BCUT2D eigenvalue weighted by molar-refractivity contribution is 0.0123. The first kappa shape index (κ1) is 12.0. The van der Waals surface area contributed by atoms with Gasteiger partial charge in [-0.15, -0.1) is 0 Å². The molecule has 1 aliphatic carbocycles. The summed E-state index contributed by atoms with van der Waals surface area (Å²) in [6.07, 6.45) is 3.68. The van der Waals surface area contributed by atoms with Gasteiger partial charge < -0.3 is 9.47 Å². The van der Waals surface area contributed by atoms with E-state index >= 15 is 0 Å². The number of nitrogens with zero attached hydrogens (tertiary/aromatic N) is 1. The zero-order valence-electron chi connectivity index (χ0n) is 11.0. The Kier molecular flexibility index (Phi) is 3.52. The van der Waals surface area contributed by atoms with Gasteiger partial charge in [-0.05, 0) is 36.5 Å². The minimum atomic E-state index is 0.563. The molecule has 0 amide bonds. The van der Waals surface area contributed by atoms with E-state index in [4.69, 9.17) is 9.47 Å². The lowest BCUT2D eigenvalue weighted by Crippen LogP contribution is -2.40. The van der Waals surface area contributed by atoms with Crippen LogP contribution in [0.3, 0.4) is 0 Å². The van der Waals surface area contributed by atoms with Gasteiger partial charge in [0, 0.05) is 19.1 Å². The number of methoxy groups -OCH3 is 1. The first-order chi connectivity index (χ1) is 8.90. The largest absolute Gasteiger partial charge is 0.496 e. The van der Waals surface area contributed by atoms with Crippen molar-refractivity contribution in [2.75, 3.05) is 33.4 Å². The Balaban J connectivity index is 1.91. The van der Waals surface area contributed by atoms with E-state index in [1.54, 1.807) is 7.11 Å². The van der Waals surface area contributed by atoms with Crippen molar-refractivity contribution < 1.29 is 9.47 Å². The fraction of sp³-hybridized carbons (Fsp3) is 0.600. The topological polar surface area (TPSA) is 21.7 Å². The predicted molar refractivity (Wildman–Crippen MR) is 71.1 cm³/mol. The van der Waals surface area contributed by atoms with Crippen LogP contribution in [0.5, 0.6) is 5.75 Å². The quantitative estimate of drug-likeness (QED) is 0.801. The molecule has 98 valence electrons. The van der Waals surface area contributed by atoms with Crippen LogP contribution in [0.25, 0.3) is 0 Å². The number of rotatable bonds is 2. The maximum atomic E-state index is 5.51. The third-order valence-electron chi connectivity index (χ3n) is 4.14. The number of benzene rings is 1. The van der Waals surface area contributed by atoms with Crippen molar-refractivity contribution in [3.05, 3.63) is 29.3 Å². The van der Waals surface area contributed by atoms with Crippen molar-refractivity contribution in [1.82, 2.24) is 4.90 Å². The van der Waals surface area contributed by atoms with Crippen LogP contribution in [-0.4, -0.2) is 38.3 Å². The Morgan fingerprint density at radius 2 is 2.11 bits per heavy atom. The maximum absolute atomic E-state index is 5.51. The van der Waals surface area contributed by atoms with Crippen LogP contribution in [0.15, 0.2) is 18.2 Å². The molecule has 0 N–H and O–H groups in total. The van der Waals surface area contributed by atoms with E-state index in [0.29, 0.717) is 6.04 Å². The fourth-order valence-electron chi connectivity index (χ4n) is 3.25. The molecule has 1 heterocycles. The predicted octanol–water partition coefficient (Wildman–Crippen LogP) is 2.40. The van der Waals surface area contributed by atoms with Gasteiger partial charge in [0.1, 0.15) is 5.75 Å². The van der Waals surface area contributed by atoms with E-state index in [2.05, 4.69) is 23.1 Å². The molecule has 0 bridgehead atoms. The van der Waals surface area contributed by atoms with Crippen molar-refractivity contribution >= 4 is 0 Å². The van der Waals surface area contributed by atoms with Gasteiger partial charge in [0.25, 0.3) is 0 Å². The van der Waals surface area contributed by atoms with Crippen LogP contribution in [0.2, 0.25) is 0 Å². The molecule has 0 saturated carbocycles. The van der Waals surface area contributed by atoms with Gasteiger partial charge in [-0.2, -0.15) is 0 Å². The Morgan fingerprint density at radius 1 is 1.28 bits per heavy atom. The first-order valence-corrected chi connectivity index (χ1v) is 6.87. The molecule has 18 heavy (non-hydrogen) atoms. The van der Waals surface area contributed by atoms with Crippen molar-refractivity contribution in [2.45, 2.75) is 25.3 Å². The van der Waals surface area contributed by atoms with Crippen LogP contribution in [0, 0.1) is 0 Å². The van der Waals surface area contributed by atoms with Crippen molar-refractivity contribution in [3.63, 3.8) is 0 Å². The van der Waals surface area contributed by atoms with E-state index in [-0.39, 0.29) is 0 Å². The second-order valence-electron chi connectivity index (χ2n) is 5.08. The molecule has 0 spiro atoms. The summed E-state index contributed by atoms with van der Waals surface area (Å²) in [5.41, 5.74) is 2.89. The smallest absolute Gasteiger partial charge is 0.122 e. The van der Waals surface area contributed by atoms with Crippen LogP contribution in [0.1, 0.15) is 30.0 Å². The average Bonchev–Trinajstić information content (AvgIpc) is 2.47. The summed E-state index contributed by atoms with van der Waals surface area (Å²) < 4.78 is 11.0. The van der Waals surface area contributed by atoms with E-state index in [1.165, 1.54) is 24.0 Å². The average molecular weight is 247 g/mol. The number of hydrogen-bond acceptors (Lipinski definition) is 3.